The van der Waals surface area contributed by atoms with Crippen molar-refractivity contribution in [1.82, 2.24) is 14.8 Å². The predicted octanol–water partition coefficient (Wildman–Crippen LogP) is 1.74. The van der Waals surface area contributed by atoms with Gasteiger partial charge in [-0.25, -0.2) is 9.67 Å². The number of rotatable bonds is 5. The minimum atomic E-state index is -0.662. The highest BCUT2D eigenvalue weighted by atomic mass is 16.7. The lowest BCUT2D eigenvalue weighted by Gasteiger charge is -2.40. The van der Waals surface area contributed by atoms with Gasteiger partial charge in [0.2, 0.25) is 0 Å². The van der Waals surface area contributed by atoms with Crippen LogP contribution in [0.3, 0.4) is 0 Å². The summed E-state index contributed by atoms with van der Waals surface area (Å²) in [6.45, 7) is 5.26. The number of nitrogens with zero attached hydrogens (tertiary/aromatic N) is 3. The van der Waals surface area contributed by atoms with Gasteiger partial charge in [0.25, 0.3) is 0 Å². The van der Waals surface area contributed by atoms with E-state index < -0.39 is 11.5 Å². The summed E-state index contributed by atoms with van der Waals surface area (Å²) in [7, 11) is 0. The van der Waals surface area contributed by atoms with Crippen molar-refractivity contribution in [3.05, 3.63) is 48.0 Å². The van der Waals surface area contributed by atoms with Crippen LogP contribution in [0.15, 0.2) is 36.9 Å². The van der Waals surface area contributed by atoms with Crippen molar-refractivity contribution >= 4 is 0 Å². The minimum Gasteiger partial charge on any atom is -0.390 e. The monoisotopic (exact) mass is 317 g/mol. The molecule has 1 fully saturated rings. The van der Waals surface area contributed by atoms with Crippen LogP contribution in [-0.4, -0.2) is 46.0 Å². The maximum Gasteiger partial charge on any atom is 0.146 e. The number of hydrogen-bond acceptors (Lipinski definition) is 5. The van der Waals surface area contributed by atoms with Crippen LogP contribution in [-0.2, 0) is 15.9 Å². The van der Waals surface area contributed by atoms with Crippen LogP contribution < -0.4 is 0 Å². The van der Waals surface area contributed by atoms with Gasteiger partial charge in [-0.05, 0) is 18.9 Å². The van der Waals surface area contributed by atoms with Crippen LogP contribution in [0.2, 0.25) is 0 Å². The predicted molar refractivity (Wildman–Crippen MR) is 84.8 cm³/mol. The van der Waals surface area contributed by atoms with Gasteiger partial charge in [-0.2, -0.15) is 5.10 Å². The lowest BCUT2D eigenvalue weighted by atomic mass is 9.80. The van der Waals surface area contributed by atoms with Crippen molar-refractivity contribution in [2.45, 2.75) is 32.4 Å². The SMILES string of the molecule is Cc1cccc(CC(C(O)C2(C)COCOC2)n2cncn2)c1. The van der Waals surface area contributed by atoms with Crippen LogP contribution in [0.25, 0.3) is 0 Å². The molecule has 0 spiro atoms. The van der Waals surface area contributed by atoms with E-state index >= 15 is 0 Å². The molecule has 124 valence electrons. The fourth-order valence-corrected chi connectivity index (χ4v) is 3.10. The third kappa shape index (κ3) is 3.60. The summed E-state index contributed by atoms with van der Waals surface area (Å²) in [4.78, 5) is 4.03. The van der Waals surface area contributed by atoms with Crippen LogP contribution in [0.5, 0.6) is 0 Å². The molecule has 2 heterocycles. The Morgan fingerprint density at radius 2 is 2.13 bits per heavy atom. The quantitative estimate of drug-likeness (QED) is 0.910. The summed E-state index contributed by atoms with van der Waals surface area (Å²) < 4.78 is 12.6. The molecule has 2 atom stereocenters. The van der Waals surface area contributed by atoms with Crippen LogP contribution in [0, 0.1) is 12.3 Å². The van der Waals surface area contributed by atoms with E-state index in [4.69, 9.17) is 9.47 Å². The van der Waals surface area contributed by atoms with Crippen molar-refractivity contribution in [2.24, 2.45) is 5.41 Å². The Bertz CT molecular complexity index is 624. The van der Waals surface area contributed by atoms with Crippen molar-refractivity contribution in [1.29, 1.82) is 0 Å². The largest absolute Gasteiger partial charge is 0.390 e. The number of aliphatic hydroxyl groups excluding tert-OH is 1. The zero-order chi connectivity index (χ0) is 16.3. The van der Waals surface area contributed by atoms with Crippen molar-refractivity contribution in [3.8, 4) is 0 Å². The van der Waals surface area contributed by atoms with Crippen LogP contribution in [0.1, 0.15) is 24.1 Å². The highest BCUT2D eigenvalue weighted by Crippen LogP contribution is 2.33. The van der Waals surface area contributed by atoms with Gasteiger partial charge in [0.1, 0.15) is 19.4 Å². The van der Waals surface area contributed by atoms with Gasteiger partial charge in [-0.15, -0.1) is 0 Å². The van der Waals surface area contributed by atoms with E-state index in [1.54, 1.807) is 11.0 Å². The minimum absolute atomic E-state index is 0.227. The first-order valence-electron chi connectivity index (χ1n) is 7.82. The third-order valence-electron chi connectivity index (χ3n) is 4.41. The standard InChI is InChI=1S/C17H23N3O3/c1-13-4-3-5-14(6-13)7-15(20-11-18-10-19-20)16(21)17(2)8-22-12-23-9-17/h3-6,10-11,15-16,21H,7-9,12H2,1-2H3. The molecule has 1 aliphatic rings. The molecule has 6 heteroatoms. The Morgan fingerprint density at radius 3 is 2.78 bits per heavy atom. The van der Waals surface area contributed by atoms with Crippen molar-refractivity contribution < 1.29 is 14.6 Å². The molecule has 0 radical (unpaired) electrons. The van der Waals surface area contributed by atoms with Gasteiger partial charge >= 0.3 is 0 Å². The van der Waals surface area contributed by atoms with Gasteiger partial charge in [-0.1, -0.05) is 36.8 Å². The Hall–Kier alpha value is -1.76. The maximum atomic E-state index is 11.0. The van der Waals surface area contributed by atoms with E-state index in [0.29, 0.717) is 19.6 Å². The normalized spacial score (nSPS) is 20.1. The first kappa shape index (κ1) is 16.1. The molecule has 2 unspecified atom stereocenters. The average Bonchev–Trinajstić information content (AvgIpc) is 3.07. The number of hydrogen-bond donors (Lipinski definition) is 1. The van der Waals surface area contributed by atoms with E-state index in [0.717, 1.165) is 5.56 Å². The molecule has 0 bridgehead atoms. The smallest absolute Gasteiger partial charge is 0.146 e. The van der Waals surface area contributed by atoms with Crippen molar-refractivity contribution in [2.75, 3.05) is 20.0 Å². The highest BCUT2D eigenvalue weighted by molar-refractivity contribution is 5.23. The van der Waals surface area contributed by atoms with E-state index in [-0.39, 0.29) is 12.8 Å². The van der Waals surface area contributed by atoms with E-state index in [1.807, 2.05) is 13.0 Å². The zero-order valence-corrected chi connectivity index (χ0v) is 13.6. The number of aryl methyl sites for hydroxylation is 1. The Morgan fingerprint density at radius 1 is 1.35 bits per heavy atom. The number of aliphatic hydroxyl groups is 1. The third-order valence-corrected chi connectivity index (χ3v) is 4.41. The molecular weight excluding hydrogens is 294 g/mol. The summed E-state index contributed by atoms with van der Waals surface area (Å²) in [5.74, 6) is 0. The molecule has 1 aromatic carbocycles. The topological polar surface area (TPSA) is 69.4 Å². The second-order valence-corrected chi connectivity index (χ2v) is 6.55. The lowest BCUT2D eigenvalue weighted by Crippen LogP contribution is -2.48. The van der Waals surface area contributed by atoms with Gasteiger partial charge in [0, 0.05) is 5.41 Å². The first-order chi connectivity index (χ1) is 11.1. The second kappa shape index (κ2) is 6.78. The molecule has 0 amide bonds. The summed E-state index contributed by atoms with van der Waals surface area (Å²) in [6, 6.07) is 8.07. The number of ether oxygens (including phenoxy) is 2. The molecule has 0 saturated carbocycles. The molecule has 1 aliphatic heterocycles. The Kier molecular flexibility index (Phi) is 4.75. The zero-order valence-electron chi connectivity index (χ0n) is 13.6. The Balaban J connectivity index is 1.86. The molecule has 3 rings (SSSR count). The number of aromatic nitrogens is 3. The fourth-order valence-electron chi connectivity index (χ4n) is 3.10. The molecule has 23 heavy (non-hydrogen) atoms. The number of benzene rings is 1. The molecule has 6 nitrogen and oxygen atoms in total. The average molecular weight is 317 g/mol. The van der Waals surface area contributed by atoms with Crippen LogP contribution >= 0.6 is 0 Å². The molecule has 1 saturated heterocycles. The summed E-state index contributed by atoms with van der Waals surface area (Å²) in [5.41, 5.74) is 1.88. The van der Waals surface area contributed by atoms with Gasteiger partial charge in [0.05, 0.1) is 25.4 Å². The Labute approximate surface area is 136 Å². The van der Waals surface area contributed by atoms with E-state index in [9.17, 15) is 5.11 Å². The molecule has 0 aliphatic carbocycles. The summed E-state index contributed by atoms with van der Waals surface area (Å²) in [6.07, 6.45) is 3.15. The second-order valence-electron chi connectivity index (χ2n) is 6.55. The van der Waals surface area contributed by atoms with Gasteiger partial charge in [0.15, 0.2) is 0 Å². The van der Waals surface area contributed by atoms with Crippen molar-refractivity contribution in [3.63, 3.8) is 0 Å². The van der Waals surface area contributed by atoms with E-state index in [2.05, 4.69) is 35.2 Å². The molecule has 1 N–H and O–H groups in total. The molecule has 2 aromatic rings. The highest BCUT2D eigenvalue weighted by Gasteiger charge is 2.41. The fraction of sp³-hybridized carbons (Fsp3) is 0.529. The van der Waals surface area contributed by atoms with Gasteiger partial charge in [-0.3, -0.25) is 0 Å². The molecular formula is C17H23N3O3. The van der Waals surface area contributed by atoms with E-state index in [1.165, 1.54) is 11.9 Å². The maximum absolute atomic E-state index is 11.0. The first-order valence-corrected chi connectivity index (χ1v) is 7.82. The summed E-state index contributed by atoms with van der Waals surface area (Å²) in [5, 5.41) is 15.3. The van der Waals surface area contributed by atoms with Crippen LogP contribution in [0.4, 0.5) is 0 Å². The van der Waals surface area contributed by atoms with Gasteiger partial charge < -0.3 is 14.6 Å². The summed E-state index contributed by atoms with van der Waals surface area (Å²) >= 11 is 0. The lowest BCUT2D eigenvalue weighted by molar-refractivity contribution is -0.196. The molecule has 1 aromatic heterocycles.